The summed E-state index contributed by atoms with van der Waals surface area (Å²) in [5, 5.41) is 2.40. The van der Waals surface area contributed by atoms with Crippen LogP contribution in [-0.2, 0) is 21.2 Å². The van der Waals surface area contributed by atoms with E-state index in [1.165, 1.54) is 20.6 Å². The molecule has 1 aliphatic rings. The molecule has 1 saturated heterocycles. The molecular weight excluding hydrogens is 420 g/mol. The molecule has 0 N–H and O–H groups in total. The highest BCUT2D eigenvalue weighted by Crippen LogP contribution is 2.23. The Balaban J connectivity index is 1.48. The number of hydrogen-bond donors (Lipinski definition) is 0. The molecule has 1 heterocycles. The summed E-state index contributed by atoms with van der Waals surface area (Å²) in [6.07, 6.45) is 0.737. The Bertz CT molecular complexity index is 1150. The summed E-state index contributed by atoms with van der Waals surface area (Å²) in [7, 11) is -3.58. The Morgan fingerprint density at radius 1 is 0.867 bits per heavy atom. The number of carbonyl (C=O) groups excluding carboxylic acids is 1. The molecule has 1 fully saturated rings. The summed E-state index contributed by atoms with van der Waals surface area (Å²) in [5.74, 6) is -0.239. The Morgan fingerprint density at radius 3 is 2.23 bits per heavy atom. The predicted octanol–water partition coefficient (Wildman–Crippen LogP) is 3.50. The van der Waals surface area contributed by atoms with E-state index in [0.29, 0.717) is 13.1 Å². The van der Waals surface area contributed by atoms with Gasteiger partial charge in [-0.3, -0.25) is 4.79 Å². The molecule has 0 unspecified atom stereocenters. The first-order valence-corrected chi connectivity index (χ1v) is 11.9. The second kappa shape index (κ2) is 8.76. The van der Waals surface area contributed by atoms with Crippen LogP contribution in [0, 0.1) is 0 Å². The Labute approximate surface area is 181 Å². The summed E-state index contributed by atoms with van der Waals surface area (Å²) in [4.78, 5) is 13.6. The molecule has 3 aromatic carbocycles. The normalized spacial score (nSPS) is 15.4. The second-order valence-electron chi connectivity index (χ2n) is 7.38. The van der Waals surface area contributed by atoms with Gasteiger partial charge in [0.05, 0.1) is 4.90 Å². The Morgan fingerprint density at radius 2 is 1.53 bits per heavy atom. The fraction of sp³-hybridized carbons (Fsp3) is 0.261. The minimum absolute atomic E-state index is 0.0785. The van der Waals surface area contributed by atoms with Crippen molar-refractivity contribution in [2.75, 3.05) is 32.1 Å². The molecule has 156 valence electrons. The smallest absolute Gasteiger partial charge is 0.243 e. The van der Waals surface area contributed by atoms with E-state index in [1.54, 1.807) is 17.0 Å². The van der Waals surface area contributed by atoms with Crippen LogP contribution in [0.1, 0.15) is 11.1 Å². The molecule has 30 heavy (non-hydrogen) atoms. The molecule has 0 aromatic heterocycles. The number of nitrogens with zero attached hydrogens (tertiary/aromatic N) is 2. The average molecular weight is 443 g/mol. The number of amides is 1. The van der Waals surface area contributed by atoms with Gasteiger partial charge in [-0.05, 0) is 40.5 Å². The van der Waals surface area contributed by atoms with Crippen LogP contribution in [0.2, 0.25) is 0 Å². The fourth-order valence-electron chi connectivity index (χ4n) is 3.86. The molecule has 0 spiro atoms. The van der Waals surface area contributed by atoms with Gasteiger partial charge in [-0.15, -0.1) is 11.6 Å². The molecular formula is C23H23ClN2O3S. The van der Waals surface area contributed by atoms with E-state index >= 15 is 0 Å². The van der Waals surface area contributed by atoms with Crippen LogP contribution in [0.4, 0.5) is 0 Å². The van der Waals surface area contributed by atoms with Crippen LogP contribution in [-0.4, -0.2) is 55.6 Å². The minimum Gasteiger partial charge on any atom is -0.339 e. The zero-order valence-corrected chi connectivity index (χ0v) is 18.1. The molecule has 0 saturated carbocycles. The minimum atomic E-state index is -3.58. The highest BCUT2D eigenvalue weighted by Gasteiger charge is 2.29. The lowest BCUT2D eigenvalue weighted by Gasteiger charge is -2.33. The van der Waals surface area contributed by atoms with Crippen LogP contribution in [0.5, 0.6) is 0 Å². The summed E-state index contributed by atoms with van der Waals surface area (Å²) < 4.78 is 27.4. The lowest BCUT2D eigenvalue weighted by atomic mass is 9.99. The molecule has 3 aromatic rings. The van der Waals surface area contributed by atoms with Gasteiger partial charge in [0.15, 0.2) is 0 Å². The number of carbonyl (C=O) groups is 1. The van der Waals surface area contributed by atoms with Crippen LogP contribution in [0.25, 0.3) is 10.8 Å². The zero-order valence-electron chi connectivity index (χ0n) is 16.5. The first-order chi connectivity index (χ1) is 14.5. The van der Waals surface area contributed by atoms with Gasteiger partial charge >= 0.3 is 0 Å². The highest BCUT2D eigenvalue weighted by atomic mass is 35.5. The van der Waals surface area contributed by atoms with E-state index in [4.69, 9.17) is 11.6 Å². The van der Waals surface area contributed by atoms with Crippen molar-refractivity contribution >= 4 is 38.3 Å². The summed E-state index contributed by atoms with van der Waals surface area (Å²) in [6.45, 7) is 1.29. The quantitative estimate of drug-likeness (QED) is 0.568. The maximum atomic E-state index is 13.0. The standard InChI is InChI=1S/C23H23ClN2O3S/c24-17-23(27)25-12-14-26(15-13-25)30(28,29)21-10-8-18(9-11-21)16-20-6-3-5-19-4-1-2-7-22(19)20/h1-11H,12-17H2. The molecule has 1 amide bonds. The van der Waals surface area contributed by atoms with Crippen molar-refractivity contribution in [1.29, 1.82) is 0 Å². The summed E-state index contributed by atoms with van der Waals surface area (Å²) in [6, 6.07) is 21.6. The van der Waals surface area contributed by atoms with Crippen molar-refractivity contribution in [3.05, 3.63) is 77.9 Å². The number of alkyl halides is 1. The van der Waals surface area contributed by atoms with Crippen molar-refractivity contribution in [1.82, 2.24) is 9.21 Å². The third-order valence-electron chi connectivity index (χ3n) is 5.54. The third kappa shape index (κ3) is 4.21. The van der Waals surface area contributed by atoms with Crippen LogP contribution < -0.4 is 0 Å². The van der Waals surface area contributed by atoms with Gasteiger partial charge < -0.3 is 4.90 Å². The first-order valence-electron chi connectivity index (χ1n) is 9.88. The summed E-state index contributed by atoms with van der Waals surface area (Å²) >= 11 is 5.59. The molecule has 0 aliphatic carbocycles. The molecule has 1 aliphatic heterocycles. The molecule has 4 rings (SSSR count). The van der Waals surface area contributed by atoms with E-state index in [9.17, 15) is 13.2 Å². The van der Waals surface area contributed by atoms with E-state index in [0.717, 1.165) is 12.0 Å². The number of halogens is 1. The number of rotatable bonds is 5. The Kier molecular flexibility index (Phi) is 6.09. The SMILES string of the molecule is O=C(CCl)N1CCN(S(=O)(=O)c2ccc(Cc3cccc4ccccc34)cc2)CC1. The van der Waals surface area contributed by atoms with E-state index in [1.807, 2.05) is 30.3 Å². The number of fused-ring (bicyclic) bond motifs is 1. The van der Waals surface area contributed by atoms with Gasteiger partial charge in [0.2, 0.25) is 15.9 Å². The van der Waals surface area contributed by atoms with E-state index in [-0.39, 0.29) is 29.8 Å². The van der Waals surface area contributed by atoms with Crippen LogP contribution >= 0.6 is 11.6 Å². The lowest BCUT2D eigenvalue weighted by Crippen LogP contribution is -2.50. The van der Waals surface area contributed by atoms with E-state index in [2.05, 4.69) is 24.3 Å². The molecule has 0 atom stereocenters. The first kappa shape index (κ1) is 20.8. The number of sulfonamides is 1. The van der Waals surface area contributed by atoms with Gasteiger partial charge in [-0.2, -0.15) is 4.31 Å². The molecule has 7 heteroatoms. The van der Waals surface area contributed by atoms with Crippen molar-refractivity contribution in [2.45, 2.75) is 11.3 Å². The van der Waals surface area contributed by atoms with Crippen molar-refractivity contribution in [3.63, 3.8) is 0 Å². The number of benzene rings is 3. The van der Waals surface area contributed by atoms with Gasteiger partial charge in [0, 0.05) is 26.2 Å². The van der Waals surface area contributed by atoms with E-state index < -0.39 is 10.0 Å². The largest absolute Gasteiger partial charge is 0.339 e. The van der Waals surface area contributed by atoms with Crippen molar-refractivity contribution < 1.29 is 13.2 Å². The zero-order chi connectivity index (χ0) is 21.1. The summed E-state index contributed by atoms with van der Waals surface area (Å²) in [5.41, 5.74) is 2.27. The predicted molar refractivity (Wildman–Crippen MR) is 119 cm³/mol. The maximum absolute atomic E-state index is 13.0. The lowest BCUT2D eigenvalue weighted by molar-refractivity contribution is -0.129. The van der Waals surface area contributed by atoms with Gasteiger partial charge in [0.25, 0.3) is 0 Å². The number of hydrogen-bond acceptors (Lipinski definition) is 3. The fourth-order valence-corrected chi connectivity index (χ4v) is 5.45. The molecule has 5 nitrogen and oxygen atoms in total. The van der Waals surface area contributed by atoms with Gasteiger partial charge in [0.1, 0.15) is 5.88 Å². The van der Waals surface area contributed by atoms with Crippen molar-refractivity contribution in [2.24, 2.45) is 0 Å². The second-order valence-corrected chi connectivity index (χ2v) is 9.58. The van der Waals surface area contributed by atoms with Crippen LogP contribution in [0.15, 0.2) is 71.6 Å². The van der Waals surface area contributed by atoms with Gasteiger partial charge in [-0.25, -0.2) is 8.42 Å². The monoisotopic (exact) mass is 442 g/mol. The van der Waals surface area contributed by atoms with Crippen molar-refractivity contribution in [3.8, 4) is 0 Å². The topological polar surface area (TPSA) is 57.7 Å². The molecule has 0 radical (unpaired) electrons. The molecule has 0 bridgehead atoms. The third-order valence-corrected chi connectivity index (χ3v) is 7.68. The van der Waals surface area contributed by atoms with Crippen LogP contribution in [0.3, 0.4) is 0 Å². The maximum Gasteiger partial charge on any atom is 0.243 e. The Hall–Kier alpha value is -2.41. The van der Waals surface area contributed by atoms with Gasteiger partial charge in [-0.1, -0.05) is 54.6 Å². The average Bonchev–Trinajstić information content (AvgIpc) is 2.79. The number of piperazine rings is 1. The highest BCUT2D eigenvalue weighted by molar-refractivity contribution is 7.89.